The number of carbonyl (C=O) groups is 2. The number of methoxy groups -OCH3 is 2. The SMILES string of the molecule is C=O.COC(=O)CC1(C(C)(C)OC)CNCCN1C. The number of piperazine rings is 1. The van der Waals surface area contributed by atoms with Gasteiger partial charge >= 0.3 is 5.97 Å². The molecule has 0 spiro atoms. The van der Waals surface area contributed by atoms with E-state index in [0.29, 0.717) is 6.42 Å². The van der Waals surface area contributed by atoms with E-state index in [-0.39, 0.29) is 11.5 Å². The van der Waals surface area contributed by atoms with Crippen molar-refractivity contribution in [1.82, 2.24) is 10.2 Å². The molecule has 1 heterocycles. The zero-order valence-electron chi connectivity index (χ0n) is 12.6. The van der Waals surface area contributed by atoms with Crippen LogP contribution in [0.2, 0.25) is 0 Å². The molecule has 1 aliphatic heterocycles. The van der Waals surface area contributed by atoms with Crippen molar-refractivity contribution in [3.8, 4) is 0 Å². The normalized spacial score (nSPS) is 24.3. The molecule has 1 N–H and O–H groups in total. The molecule has 19 heavy (non-hydrogen) atoms. The summed E-state index contributed by atoms with van der Waals surface area (Å²) < 4.78 is 10.4. The van der Waals surface area contributed by atoms with E-state index in [4.69, 9.17) is 14.3 Å². The molecule has 1 atom stereocenters. The van der Waals surface area contributed by atoms with Crippen molar-refractivity contribution < 1.29 is 19.1 Å². The molecule has 0 radical (unpaired) electrons. The summed E-state index contributed by atoms with van der Waals surface area (Å²) in [7, 11) is 5.14. The van der Waals surface area contributed by atoms with Gasteiger partial charge in [-0.2, -0.15) is 0 Å². The maximum Gasteiger partial charge on any atom is 0.307 e. The molecule has 112 valence electrons. The molecule has 0 aromatic carbocycles. The summed E-state index contributed by atoms with van der Waals surface area (Å²) >= 11 is 0. The second kappa shape index (κ2) is 7.57. The van der Waals surface area contributed by atoms with Gasteiger partial charge in [-0.05, 0) is 20.9 Å². The summed E-state index contributed by atoms with van der Waals surface area (Å²) in [5.74, 6) is -0.203. The fourth-order valence-electron chi connectivity index (χ4n) is 2.47. The molecule has 0 aromatic heterocycles. The van der Waals surface area contributed by atoms with Gasteiger partial charge in [0.1, 0.15) is 6.79 Å². The molecular formula is C13H26N2O4. The van der Waals surface area contributed by atoms with Crippen molar-refractivity contribution in [3.05, 3.63) is 0 Å². The van der Waals surface area contributed by atoms with E-state index < -0.39 is 5.60 Å². The van der Waals surface area contributed by atoms with Gasteiger partial charge in [-0.15, -0.1) is 0 Å². The van der Waals surface area contributed by atoms with Gasteiger partial charge in [0.05, 0.1) is 24.7 Å². The molecule has 0 bridgehead atoms. The van der Waals surface area contributed by atoms with Crippen LogP contribution < -0.4 is 5.32 Å². The third-order valence-corrected chi connectivity index (χ3v) is 4.07. The Balaban J connectivity index is 0.00000154. The van der Waals surface area contributed by atoms with Crippen LogP contribution in [-0.2, 0) is 19.1 Å². The number of carbonyl (C=O) groups excluding carboxylic acids is 2. The van der Waals surface area contributed by atoms with Gasteiger partial charge in [0.2, 0.25) is 0 Å². The van der Waals surface area contributed by atoms with Gasteiger partial charge < -0.3 is 19.6 Å². The quantitative estimate of drug-likeness (QED) is 0.731. The first-order chi connectivity index (χ1) is 8.89. The molecule has 1 aliphatic rings. The Hall–Kier alpha value is -0.980. The molecule has 1 unspecified atom stereocenters. The lowest BCUT2D eigenvalue weighted by Crippen LogP contribution is -2.70. The monoisotopic (exact) mass is 274 g/mol. The number of rotatable bonds is 4. The van der Waals surface area contributed by atoms with E-state index in [0.717, 1.165) is 19.6 Å². The number of hydrogen-bond donors (Lipinski definition) is 1. The number of likely N-dealkylation sites (N-methyl/N-ethyl adjacent to an activating group) is 1. The second-order valence-electron chi connectivity index (χ2n) is 5.10. The largest absolute Gasteiger partial charge is 0.469 e. The summed E-state index contributed by atoms with van der Waals surface area (Å²) in [5, 5.41) is 3.35. The summed E-state index contributed by atoms with van der Waals surface area (Å²) in [6.07, 6.45) is 0.327. The topological polar surface area (TPSA) is 67.9 Å². The highest BCUT2D eigenvalue weighted by Crippen LogP contribution is 2.35. The molecule has 0 aliphatic carbocycles. The molecule has 0 aromatic rings. The number of esters is 1. The first kappa shape index (κ1) is 18.0. The fourth-order valence-corrected chi connectivity index (χ4v) is 2.47. The van der Waals surface area contributed by atoms with Crippen LogP contribution in [0.15, 0.2) is 0 Å². The van der Waals surface area contributed by atoms with E-state index in [1.807, 2.05) is 27.7 Å². The lowest BCUT2D eigenvalue weighted by atomic mass is 9.76. The molecule has 0 saturated carbocycles. The average Bonchev–Trinajstić information content (AvgIpc) is 2.43. The predicted octanol–water partition coefficient (Wildman–Crippen LogP) is 0.0634. The third-order valence-electron chi connectivity index (χ3n) is 4.07. The highest BCUT2D eigenvalue weighted by Gasteiger charge is 2.51. The standard InChI is InChI=1S/C12H24N2O3.CH2O/c1-11(2,17-5)12(8-10(15)16-4)9-13-6-7-14(12)3;1-2/h13H,6-9H2,1-5H3;1H2. The van der Waals surface area contributed by atoms with Crippen molar-refractivity contribution >= 4 is 12.8 Å². The van der Waals surface area contributed by atoms with Gasteiger partial charge in [-0.1, -0.05) is 0 Å². The first-order valence-corrected chi connectivity index (χ1v) is 6.22. The Morgan fingerprint density at radius 1 is 1.42 bits per heavy atom. The minimum Gasteiger partial charge on any atom is -0.469 e. The van der Waals surface area contributed by atoms with Crippen LogP contribution in [-0.4, -0.2) is 69.7 Å². The van der Waals surface area contributed by atoms with Crippen LogP contribution in [0.3, 0.4) is 0 Å². The molecular weight excluding hydrogens is 248 g/mol. The van der Waals surface area contributed by atoms with E-state index in [9.17, 15) is 4.79 Å². The van der Waals surface area contributed by atoms with Crippen LogP contribution >= 0.6 is 0 Å². The van der Waals surface area contributed by atoms with Crippen LogP contribution in [0.1, 0.15) is 20.3 Å². The molecule has 1 rings (SSSR count). The Kier molecular flexibility index (Phi) is 7.18. The number of nitrogens with zero attached hydrogens (tertiary/aromatic N) is 1. The van der Waals surface area contributed by atoms with Crippen molar-refractivity contribution in [2.24, 2.45) is 0 Å². The van der Waals surface area contributed by atoms with Crippen LogP contribution in [0, 0.1) is 0 Å². The van der Waals surface area contributed by atoms with Crippen molar-refractivity contribution in [3.63, 3.8) is 0 Å². The zero-order chi connectivity index (χ0) is 15.1. The Morgan fingerprint density at radius 2 is 2.00 bits per heavy atom. The fraction of sp³-hybridized carbons (Fsp3) is 0.846. The zero-order valence-corrected chi connectivity index (χ0v) is 12.6. The van der Waals surface area contributed by atoms with Gasteiger partial charge in [-0.25, -0.2) is 0 Å². The van der Waals surface area contributed by atoms with E-state index in [1.54, 1.807) is 7.11 Å². The molecule has 6 nitrogen and oxygen atoms in total. The summed E-state index contributed by atoms with van der Waals surface area (Å²) in [6, 6.07) is 0. The predicted molar refractivity (Wildman–Crippen MR) is 73.1 cm³/mol. The van der Waals surface area contributed by atoms with E-state index >= 15 is 0 Å². The highest BCUT2D eigenvalue weighted by molar-refractivity contribution is 5.71. The van der Waals surface area contributed by atoms with Gasteiger partial charge in [0.15, 0.2) is 0 Å². The number of nitrogens with one attached hydrogen (secondary N) is 1. The minimum absolute atomic E-state index is 0.203. The third kappa shape index (κ3) is 3.75. The first-order valence-electron chi connectivity index (χ1n) is 6.22. The average molecular weight is 274 g/mol. The lowest BCUT2D eigenvalue weighted by molar-refractivity contribution is -0.157. The second-order valence-corrected chi connectivity index (χ2v) is 5.10. The van der Waals surface area contributed by atoms with Crippen molar-refractivity contribution in [2.75, 3.05) is 40.9 Å². The molecule has 1 saturated heterocycles. The number of hydrogen-bond acceptors (Lipinski definition) is 6. The lowest BCUT2D eigenvalue weighted by Gasteiger charge is -2.53. The van der Waals surface area contributed by atoms with Crippen molar-refractivity contribution in [2.45, 2.75) is 31.4 Å². The molecule has 1 fully saturated rings. The molecule has 0 amide bonds. The highest BCUT2D eigenvalue weighted by atomic mass is 16.5. The smallest absolute Gasteiger partial charge is 0.307 e. The van der Waals surface area contributed by atoms with Crippen LogP contribution in [0.25, 0.3) is 0 Å². The minimum atomic E-state index is -0.427. The Labute approximate surface area is 115 Å². The molecule has 6 heteroatoms. The summed E-state index contributed by atoms with van der Waals surface area (Å²) in [5.41, 5.74) is -0.795. The number of ether oxygens (including phenoxy) is 2. The van der Waals surface area contributed by atoms with Crippen LogP contribution in [0.4, 0.5) is 0 Å². The Bertz CT molecular complexity index is 296. The van der Waals surface area contributed by atoms with E-state index in [2.05, 4.69) is 10.2 Å². The van der Waals surface area contributed by atoms with E-state index in [1.165, 1.54) is 7.11 Å². The van der Waals surface area contributed by atoms with Crippen LogP contribution in [0.5, 0.6) is 0 Å². The summed E-state index contributed by atoms with van der Waals surface area (Å²) in [4.78, 5) is 21.9. The maximum atomic E-state index is 11.7. The Morgan fingerprint density at radius 3 is 2.42 bits per heavy atom. The van der Waals surface area contributed by atoms with Crippen molar-refractivity contribution in [1.29, 1.82) is 0 Å². The summed E-state index contributed by atoms with van der Waals surface area (Å²) in [6.45, 7) is 8.57. The van der Waals surface area contributed by atoms with Gasteiger partial charge in [0.25, 0.3) is 0 Å². The maximum absolute atomic E-state index is 11.7. The van der Waals surface area contributed by atoms with Gasteiger partial charge in [0, 0.05) is 26.7 Å². The van der Waals surface area contributed by atoms with Gasteiger partial charge in [-0.3, -0.25) is 9.69 Å².